The summed E-state index contributed by atoms with van der Waals surface area (Å²) in [6, 6.07) is 7.92. The summed E-state index contributed by atoms with van der Waals surface area (Å²) in [5.74, 6) is -0.364. The molecule has 0 aromatic heterocycles. The lowest BCUT2D eigenvalue weighted by molar-refractivity contribution is -0.124. The molecule has 128 valence electrons. The second-order valence-corrected chi connectivity index (χ2v) is 6.97. The number of primary amides is 1. The Morgan fingerprint density at radius 1 is 1.39 bits per heavy atom. The third-order valence-corrected chi connectivity index (χ3v) is 5.45. The molecule has 2 rings (SSSR count). The first-order valence-corrected chi connectivity index (χ1v) is 8.79. The minimum atomic E-state index is -0.759. The average molecular weight is 339 g/mol. The van der Waals surface area contributed by atoms with Gasteiger partial charge in [-0.1, -0.05) is 43.1 Å². The van der Waals surface area contributed by atoms with E-state index in [1.54, 1.807) is 0 Å². The second-order valence-electron chi connectivity index (χ2n) is 6.56. The number of carbonyl (C=O) groups is 1. The summed E-state index contributed by atoms with van der Waals surface area (Å²) in [6.07, 6.45) is 3.35. The largest absolute Gasteiger partial charge is 0.389 e. The van der Waals surface area contributed by atoms with Crippen molar-refractivity contribution in [3.05, 3.63) is 34.9 Å². The summed E-state index contributed by atoms with van der Waals surface area (Å²) < 4.78 is 0. The van der Waals surface area contributed by atoms with Crippen LogP contribution in [0.25, 0.3) is 0 Å². The standard InChI is InChI=1S/C18H27ClN2O2/c1-2-15(13-17(20)22)18(23)8-11-21(12-9-18)10-7-14-5-3-4-6-16(14)19/h3-6,15,23H,2,7-13H2,1H3,(H2,20,22). The fraction of sp³-hybridized carbons (Fsp3) is 0.611. The van der Waals surface area contributed by atoms with Crippen molar-refractivity contribution in [2.75, 3.05) is 19.6 Å². The maximum absolute atomic E-state index is 11.2. The lowest BCUT2D eigenvalue weighted by Gasteiger charge is -2.42. The maximum atomic E-state index is 11.2. The van der Waals surface area contributed by atoms with Crippen LogP contribution in [0.3, 0.4) is 0 Å². The van der Waals surface area contributed by atoms with E-state index in [-0.39, 0.29) is 18.2 Å². The van der Waals surface area contributed by atoms with Gasteiger partial charge in [-0.2, -0.15) is 0 Å². The van der Waals surface area contributed by atoms with Gasteiger partial charge in [-0.25, -0.2) is 0 Å². The molecule has 1 aliphatic heterocycles. The Bertz CT molecular complexity index is 528. The number of hydrogen-bond acceptors (Lipinski definition) is 3. The number of benzene rings is 1. The van der Waals surface area contributed by atoms with Crippen LogP contribution in [-0.4, -0.2) is 41.1 Å². The summed E-state index contributed by atoms with van der Waals surface area (Å²) in [4.78, 5) is 13.6. The molecule has 1 amide bonds. The van der Waals surface area contributed by atoms with Gasteiger partial charge in [0.05, 0.1) is 5.60 Å². The van der Waals surface area contributed by atoms with E-state index < -0.39 is 5.60 Å². The molecule has 23 heavy (non-hydrogen) atoms. The Kier molecular flexibility index (Phi) is 6.45. The maximum Gasteiger partial charge on any atom is 0.217 e. The van der Waals surface area contributed by atoms with Crippen molar-refractivity contribution in [1.29, 1.82) is 0 Å². The minimum absolute atomic E-state index is 0.0364. The predicted octanol–water partition coefficient (Wildman–Crippen LogP) is 2.61. The molecule has 0 bridgehead atoms. The van der Waals surface area contributed by atoms with E-state index in [0.29, 0.717) is 12.8 Å². The van der Waals surface area contributed by atoms with Crippen LogP contribution < -0.4 is 5.73 Å². The Balaban J connectivity index is 1.85. The second kappa shape index (κ2) is 8.13. The number of nitrogens with zero attached hydrogens (tertiary/aromatic N) is 1. The van der Waals surface area contributed by atoms with E-state index in [4.69, 9.17) is 17.3 Å². The van der Waals surface area contributed by atoms with Crippen LogP contribution in [0.2, 0.25) is 5.02 Å². The highest BCUT2D eigenvalue weighted by molar-refractivity contribution is 6.31. The molecule has 1 fully saturated rings. The van der Waals surface area contributed by atoms with Gasteiger partial charge in [-0.05, 0) is 36.8 Å². The van der Waals surface area contributed by atoms with Crippen molar-refractivity contribution in [3.8, 4) is 0 Å². The molecule has 1 heterocycles. The number of amides is 1. The first-order valence-electron chi connectivity index (χ1n) is 8.41. The molecule has 0 spiro atoms. The Hall–Kier alpha value is -1.10. The van der Waals surface area contributed by atoms with Crippen molar-refractivity contribution in [2.24, 2.45) is 11.7 Å². The highest BCUT2D eigenvalue weighted by Gasteiger charge is 2.39. The zero-order valence-corrected chi connectivity index (χ0v) is 14.6. The molecular formula is C18H27ClN2O2. The topological polar surface area (TPSA) is 66.6 Å². The number of aliphatic hydroxyl groups is 1. The van der Waals surface area contributed by atoms with Gasteiger partial charge in [0.15, 0.2) is 0 Å². The number of rotatable bonds is 7. The number of piperidine rings is 1. The van der Waals surface area contributed by atoms with E-state index in [2.05, 4.69) is 11.0 Å². The molecule has 0 aliphatic carbocycles. The van der Waals surface area contributed by atoms with Crippen LogP contribution in [0.1, 0.15) is 38.2 Å². The van der Waals surface area contributed by atoms with Crippen molar-refractivity contribution in [3.63, 3.8) is 0 Å². The van der Waals surface area contributed by atoms with Crippen LogP contribution >= 0.6 is 11.6 Å². The van der Waals surface area contributed by atoms with Gasteiger partial charge < -0.3 is 15.7 Å². The quantitative estimate of drug-likeness (QED) is 0.803. The summed E-state index contributed by atoms with van der Waals surface area (Å²) in [5, 5.41) is 11.7. The molecular weight excluding hydrogens is 312 g/mol. The van der Waals surface area contributed by atoms with Crippen LogP contribution in [-0.2, 0) is 11.2 Å². The van der Waals surface area contributed by atoms with Crippen LogP contribution in [0.15, 0.2) is 24.3 Å². The lowest BCUT2D eigenvalue weighted by atomic mass is 9.76. The minimum Gasteiger partial charge on any atom is -0.389 e. The third kappa shape index (κ3) is 4.93. The molecule has 0 saturated carbocycles. The van der Waals surface area contributed by atoms with Crippen LogP contribution in [0.5, 0.6) is 0 Å². The van der Waals surface area contributed by atoms with E-state index in [9.17, 15) is 9.90 Å². The highest BCUT2D eigenvalue weighted by Crippen LogP contribution is 2.34. The molecule has 5 heteroatoms. The number of nitrogens with two attached hydrogens (primary N) is 1. The van der Waals surface area contributed by atoms with Crippen molar-refractivity contribution >= 4 is 17.5 Å². The van der Waals surface area contributed by atoms with E-state index in [1.807, 2.05) is 25.1 Å². The fourth-order valence-corrected chi connectivity index (χ4v) is 3.74. The molecule has 0 radical (unpaired) electrons. The monoisotopic (exact) mass is 338 g/mol. The molecule has 3 N–H and O–H groups in total. The Morgan fingerprint density at radius 3 is 2.61 bits per heavy atom. The van der Waals surface area contributed by atoms with Gasteiger partial charge in [0, 0.05) is 31.1 Å². The zero-order chi connectivity index (χ0) is 16.9. The van der Waals surface area contributed by atoms with Gasteiger partial charge in [-0.15, -0.1) is 0 Å². The van der Waals surface area contributed by atoms with Crippen molar-refractivity contribution in [1.82, 2.24) is 4.90 Å². The SMILES string of the molecule is CCC(CC(N)=O)C1(O)CCN(CCc2ccccc2Cl)CC1. The van der Waals surface area contributed by atoms with Gasteiger partial charge >= 0.3 is 0 Å². The number of likely N-dealkylation sites (tertiary alicyclic amines) is 1. The smallest absolute Gasteiger partial charge is 0.217 e. The first-order chi connectivity index (χ1) is 10.9. The summed E-state index contributed by atoms with van der Waals surface area (Å²) >= 11 is 6.19. The predicted molar refractivity (Wildman–Crippen MR) is 93.4 cm³/mol. The Labute approximate surface area is 143 Å². The normalized spacial score (nSPS) is 19.4. The summed E-state index contributed by atoms with van der Waals surface area (Å²) in [6.45, 7) is 4.63. The molecule has 1 aliphatic rings. The van der Waals surface area contributed by atoms with E-state index in [1.165, 1.54) is 0 Å². The van der Waals surface area contributed by atoms with Crippen LogP contribution in [0, 0.1) is 5.92 Å². The zero-order valence-electron chi connectivity index (χ0n) is 13.8. The van der Waals surface area contributed by atoms with Crippen LogP contribution in [0.4, 0.5) is 0 Å². The van der Waals surface area contributed by atoms with Gasteiger partial charge in [-0.3, -0.25) is 4.79 Å². The molecule has 1 atom stereocenters. The molecule has 1 aromatic carbocycles. The van der Waals surface area contributed by atoms with Crippen molar-refractivity contribution in [2.45, 2.75) is 44.6 Å². The molecule has 4 nitrogen and oxygen atoms in total. The molecule has 1 unspecified atom stereocenters. The van der Waals surface area contributed by atoms with E-state index >= 15 is 0 Å². The third-order valence-electron chi connectivity index (χ3n) is 5.08. The summed E-state index contributed by atoms with van der Waals surface area (Å²) in [7, 11) is 0. The number of hydrogen-bond donors (Lipinski definition) is 2. The number of halogens is 1. The fourth-order valence-electron chi connectivity index (χ4n) is 3.51. The van der Waals surface area contributed by atoms with Gasteiger partial charge in [0.25, 0.3) is 0 Å². The molecule has 1 saturated heterocycles. The average Bonchev–Trinajstić information content (AvgIpc) is 2.53. The Morgan fingerprint density at radius 2 is 2.04 bits per heavy atom. The first kappa shape index (κ1) is 18.2. The molecule has 1 aromatic rings. The highest BCUT2D eigenvalue weighted by atomic mass is 35.5. The van der Waals surface area contributed by atoms with Gasteiger partial charge in [0.1, 0.15) is 0 Å². The number of carbonyl (C=O) groups excluding carboxylic acids is 1. The lowest BCUT2D eigenvalue weighted by Crippen LogP contribution is -2.49. The van der Waals surface area contributed by atoms with Crippen molar-refractivity contribution < 1.29 is 9.90 Å². The van der Waals surface area contributed by atoms with Gasteiger partial charge in [0.2, 0.25) is 5.91 Å². The van der Waals surface area contributed by atoms with E-state index in [0.717, 1.165) is 43.1 Å². The summed E-state index contributed by atoms with van der Waals surface area (Å²) in [5.41, 5.74) is 5.72.